The maximum atomic E-state index is 14.4. The standard InChI is InChI=1S/C29H22N4OS2/c1-2-19-9-7-13-26-27(19)32-29(36-26)33(18-20-10-5-6-15-30-20)28(34)22-17-24(25-14-8-16-35-25)31-23-12-4-3-11-21(22)23/h3-17H,2,18H2,1H3. The van der Waals surface area contributed by atoms with Crippen molar-refractivity contribution in [2.75, 3.05) is 4.90 Å². The molecule has 0 fully saturated rings. The van der Waals surface area contributed by atoms with Gasteiger partial charge < -0.3 is 0 Å². The second kappa shape index (κ2) is 9.60. The smallest absolute Gasteiger partial charge is 0.261 e. The molecule has 4 aromatic heterocycles. The number of anilines is 1. The van der Waals surface area contributed by atoms with Crippen LogP contribution in [0.2, 0.25) is 0 Å². The molecule has 0 aliphatic rings. The summed E-state index contributed by atoms with van der Waals surface area (Å²) in [4.78, 5) is 31.5. The number of amides is 1. The lowest BCUT2D eigenvalue weighted by Gasteiger charge is -2.21. The third-order valence-electron chi connectivity index (χ3n) is 6.11. The van der Waals surface area contributed by atoms with Crippen LogP contribution in [0.1, 0.15) is 28.5 Å². The molecule has 0 saturated carbocycles. The van der Waals surface area contributed by atoms with Gasteiger partial charge in [0.15, 0.2) is 5.13 Å². The Kier molecular flexibility index (Phi) is 6.01. The van der Waals surface area contributed by atoms with Gasteiger partial charge in [0.2, 0.25) is 0 Å². The minimum atomic E-state index is -0.117. The summed E-state index contributed by atoms with van der Waals surface area (Å²) in [7, 11) is 0. The Balaban J connectivity index is 1.53. The van der Waals surface area contributed by atoms with E-state index in [0.717, 1.165) is 43.8 Å². The van der Waals surface area contributed by atoms with Crippen molar-refractivity contribution in [1.29, 1.82) is 0 Å². The quantitative estimate of drug-likeness (QED) is 0.236. The van der Waals surface area contributed by atoms with Gasteiger partial charge in [-0.05, 0) is 53.8 Å². The summed E-state index contributed by atoms with van der Waals surface area (Å²) in [5.74, 6) is -0.117. The number of thiazole rings is 1. The highest BCUT2D eigenvalue weighted by molar-refractivity contribution is 7.22. The molecule has 1 amide bonds. The summed E-state index contributed by atoms with van der Waals surface area (Å²) in [5.41, 5.74) is 5.13. The van der Waals surface area contributed by atoms with E-state index in [1.54, 1.807) is 22.4 Å². The molecule has 0 atom stereocenters. The van der Waals surface area contributed by atoms with Gasteiger partial charge in [-0.1, -0.05) is 60.7 Å². The molecule has 0 N–H and O–H groups in total. The molecule has 0 radical (unpaired) electrons. The van der Waals surface area contributed by atoms with Crippen LogP contribution in [-0.2, 0) is 13.0 Å². The molecular weight excluding hydrogens is 484 g/mol. The SMILES string of the molecule is CCc1cccc2sc(N(Cc3ccccn3)C(=O)c3cc(-c4cccs4)nc4ccccc34)nc12. The number of fused-ring (bicyclic) bond motifs is 2. The van der Waals surface area contributed by atoms with Crippen LogP contribution >= 0.6 is 22.7 Å². The topological polar surface area (TPSA) is 59.0 Å². The number of aromatic nitrogens is 3. The molecule has 0 saturated heterocycles. The molecule has 2 aromatic carbocycles. The highest BCUT2D eigenvalue weighted by Crippen LogP contribution is 2.34. The first-order chi connectivity index (χ1) is 17.7. The van der Waals surface area contributed by atoms with E-state index in [0.29, 0.717) is 17.2 Å². The van der Waals surface area contributed by atoms with Gasteiger partial charge in [-0.3, -0.25) is 14.7 Å². The Hall–Kier alpha value is -3.94. The van der Waals surface area contributed by atoms with Crippen molar-refractivity contribution in [3.8, 4) is 10.6 Å². The Labute approximate surface area is 216 Å². The monoisotopic (exact) mass is 506 g/mol. The summed E-state index contributed by atoms with van der Waals surface area (Å²) < 4.78 is 1.07. The van der Waals surface area contributed by atoms with E-state index in [9.17, 15) is 4.79 Å². The Morgan fingerprint density at radius 1 is 0.944 bits per heavy atom. The third kappa shape index (κ3) is 4.17. The zero-order valence-corrected chi connectivity index (χ0v) is 21.2. The molecular formula is C29H22N4OS2. The molecule has 36 heavy (non-hydrogen) atoms. The molecule has 176 valence electrons. The van der Waals surface area contributed by atoms with E-state index >= 15 is 0 Å². The summed E-state index contributed by atoms with van der Waals surface area (Å²) in [6, 6.07) is 25.7. The number of carbonyl (C=O) groups excluding carboxylic acids is 1. The number of nitrogens with zero attached hydrogens (tertiary/aromatic N) is 4. The van der Waals surface area contributed by atoms with E-state index < -0.39 is 0 Å². The maximum Gasteiger partial charge on any atom is 0.261 e. The molecule has 0 aliphatic carbocycles. The first kappa shape index (κ1) is 22.5. The predicted octanol–water partition coefficient (Wildman–Crippen LogP) is 7.38. The average molecular weight is 507 g/mol. The lowest BCUT2D eigenvalue weighted by atomic mass is 10.1. The summed E-state index contributed by atoms with van der Waals surface area (Å²) >= 11 is 3.15. The molecule has 6 rings (SSSR count). The maximum absolute atomic E-state index is 14.4. The first-order valence-corrected chi connectivity index (χ1v) is 13.4. The molecule has 5 nitrogen and oxygen atoms in total. The molecule has 6 aromatic rings. The molecule has 7 heteroatoms. The van der Waals surface area contributed by atoms with Crippen LogP contribution in [0.4, 0.5) is 5.13 Å². The second-order valence-electron chi connectivity index (χ2n) is 8.38. The van der Waals surface area contributed by atoms with Crippen LogP contribution in [0.5, 0.6) is 0 Å². The molecule has 0 spiro atoms. The van der Waals surface area contributed by atoms with Gasteiger partial charge in [-0.2, -0.15) is 0 Å². The van der Waals surface area contributed by atoms with E-state index in [1.165, 1.54) is 16.9 Å². The van der Waals surface area contributed by atoms with Gasteiger partial charge in [0, 0.05) is 11.6 Å². The van der Waals surface area contributed by atoms with Gasteiger partial charge in [0.1, 0.15) is 0 Å². The zero-order chi connectivity index (χ0) is 24.5. The molecule has 4 heterocycles. The van der Waals surface area contributed by atoms with Crippen LogP contribution in [-0.4, -0.2) is 20.9 Å². The number of hydrogen-bond donors (Lipinski definition) is 0. The number of benzene rings is 2. The number of thiophene rings is 1. The Morgan fingerprint density at radius 3 is 2.64 bits per heavy atom. The summed E-state index contributed by atoms with van der Waals surface area (Å²) in [5, 5.41) is 3.51. The van der Waals surface area contributed by atoms with Crippen LogP contribution in [0, 0.1) is 0 Å². The molecule has 0 bridgehead atoms. The highest BCUT2D eigenvalue weighted by Gasteiger charge is 2.25. The summed E-state index contributed by atoms with van der Waals surface area (Å²) in [6.45, 7) is 2.45. The number of hydrogen-bond acceptors (Lipinski definition) is 6. The van der Waals surface area contributed by atoms with Crippen molar-refractivity contribution in [1.82, 2.24) is 15.0 Å². The first-order valence-electron chi connectivity index (χ1n) is 11.7. The third-order valence-corrected chi connectivity index (χ3v) is 8.05. The summed E-state index contributed by atoms with van der Waals surface area (Å²) in [6.07, 6.45) is 2.64. The van der Waals surface area contributed by atoms with Crippen LogP contribution in [0.25, 0.3) is 31.7 Å². The molecule has 0 unspecified atom stereocenters. The lowest BCUT2D eigenvalue weighted by molar-refractivity contribution is 0.0986. The number of aryl methyl sites for hydroxylation is 1. The van der Waals surface area contributed by atoms with Gasteiger partial charge in [0.05, 0.1) is 44.1 Å². The highest BCUT2D eigenvalue weighted by atomic mass is 32.1. The average Bonchev–Trinajstić information content (AvgIpc) is 3.62. The van der Waals surface area contributed by atoms with Crippen molar-refractivity contribution < 1.29 is 4.79 Å². The second-order valence-corrected chi connectivity index (χ2v) is 10.3. The van der Waals surface area contributed by atoms with Gasteiger partial charge in [-0.25, -0.2) is 9.97 Å². The van der Waals surface area contributed by atoms with Gasteiger partial charge >= 0.3 is 0 Å². The largest absolute Gasteiger partial charge is 0.278 e. The van der Waals surface area contributed by atoms with Crippen molar-refractivity contribution in [3.05, 3.63) is 107 Å². The fourth-order valence-corrected chi connectivity index (χ4v) is 6.02. The predicted molar refractivity (Wildman–Crippen MR) is 149 cm³/mol. The Morgan fingerprint density at radius 2 is 1.83 bits per heavy atom. The fourth-order valence-electron chi connectivity index (χ4n) is 4.32. The minimum Gasteiger partial charge on any atom is -0.278 e. The zero-order valence-electron chi connectivity index (χ0n) is 19.6. The van der Waals surface area contributed by atoms with E-state index in [1.807, 2.05) is 66.0 Å². The van der Waals surface area contributed by atoms with Crippen molar-refractivity contribution >= 4 is 54.8 Å². The van der Waals surface area contributed by atoms with Crippen LogP contribution < -0.4 is 4.90 Å². The minimum absolute atomic E-state index is 0.117. The van der Waals surface area contributed by atoms with Crippen molar-refractivity contribution in [3.63, 3.8) is 0 Å². The van der Waals surface area contributed by atoms with Crippen molar-refractivity contribution in [2.24, 2.45) is 0 Å². The van der Waals surface area contributed by atoms with Gasteiger partial charge in [0.25, 0.3) is 5.91 Å². The molecule has 0 aliphatic heterocycles. The fraction of sp³-hybridized carbons (Fsp3) is 0.103. The number of carbonyl (C=O) groups is 1. The van der Waals surface area contributed by atoms with Crippen LogP contribution in [0.15, 0.2) is 90.4 Å². The Bertz CT molecular complexity index is 1680. The number of pyridine rings is 2. The van der Waals surface area contributed by atoms with Crippen molar-refractivity contribution in [2.45, 2.75) is 19.9 Å². The number of para-hydroxylation sites is 2. The van der Waals surface area contributed by atoms with Gasteiger partial charge in [-0.15, -0.1) is 11.3 Å². The van der Waals surface area contributed by atoms with Crippen LogP contribution in [0.3, 0.4) is 0 Å². The van der Waals surface area contributed by atoms with E-state index in [4.69, 9.17) is 9.97 Å². The van der Waals surface area contributed by atoms with E-state index in [2.05, 4.69) is 30.1 Å². The number of rotatable bonds is 6. The normalized spacial score (nSPS) is 11.2. The van der Waals surface area contributed by atoms with E-state index in [-0.39, 0.29) is 5.91 Å². The lowest BCUT2D eigenvalue weighted by Crippen LogP contribution is -2.31.